The maximum atomic E-state index is 11.9. The fourth-order valence-electron chi connectivity index (χ4n) is 6.79. The Morgan fingerprint density at radius 1 is 0.755 bits per heavy atom. The van der Waals surface area contributed by atoms with Crippen LogP contribution in [0.5, 0.6) is 0 Å². The van der Waals surface area contributed by atoms with E-state index in [-0.39, 0.29) is 4.21 Å². The quantitative estimate of drug-likeness (QED) is 0.107. The summed E-state index contributed by atoms with van der Waals surface area (Å²) in [5, 5.41) is 12.2. The molecule has 0 atom stereocenters. The fourth-order valence-corrected chi connectivity index (χ4v) is 9.74. The molecular weight excluding hydrogens is 669 g/mol. The van der Waals surface area contributed by atoms with Gasteiger partial charge in [0.25, 0.3) is 0 Å². The molecule has 0 spiro atoms. The van der Waals surface area contributed by atoms with Gasteiger partial charge in [0, 0.05) is 24.0 Å². The zero-order valence-corrected chi connectivity index (χ0v) is 29.8. The zero-order valence-electron chi connectivity index (χ0n) is 27.4. The van der Waals surface area contributed by atoms with Crippen molar-refractivity contribution in [1.29, 1.82) is 0 Å². The second kappa shape index (κ2) is 12.8. The smallest absolute Gasteiger partial charge is 0.281 e. The fraction of sp³-hybridized carbons (Fsp3) is 0.231. The van der Waals surface area contributed by atoms with Gasteiger partial charge in [0.2, 0.25) is 0 Å². The Bertz CT molecular complexity index is 2350. The van der Waals surface area contributed by atoms with Crippen LogP contribution in [0.25, 0.3) is 33.3 Å². The van der Waals surface area contributed by atoms with E-state index in [2.05, 4.69) is 103 Å². The molecule has 248 valence electrons. The van der Waals surface area contributed by atoms with Gasteiger partial charge >= 0.3 is 10.1 Å². The van der Waals surface area contributed by atoms with E-state index in [1.165, 1.54) is 38.4 Å². The zero-order chi connectivity index (χ0) is 33.7. The van der Waals surface area contributed by atoms with Crippen molar-refractivity contribution in [3.8, 4) is 21.1 Å². The van der Waals surface area contributed by atoms with Gasteiger partial charge in [-0.25, -0.2) is 0 Å². The third kappa shape index (κ3) is 6.30. The maximum absolute atomic E-state index is 11.9. The Balaban J connectivity index is 0.960. The third-order valence-corrected chi connectivity index (χ3v) is 12.8. The molecule has 6 aromatic rings. The summed E-state index contributed by atoms with van der Waals surface area (Å²) in [4.78, 5) is 2.22. The summed E-state index contributed by atoms with van der Waals surface area (Å²) in [5.74, 6) is 0. The van der Waals surface area contributed by atoms with Gasteiger partial charge in [0.15, 0.2) is 0 Å². The molecular formula is C39H36N4O3S3. The van der Waals surface area contributed by atoms with Crippen LogP contribution in [0.4, 0.5) is 0 Å². The van der Waals surface area contributed by atoms with E-state index in [1.54, 1.807) is 17.4 Å². The largest absolute Gasteiger partial charge is 0.304 e. The van der Waals surface area contributed by atoms with Crippen LogP contribution in [-0.4, -0.2) is 32.5 Å². The van der Waals surface area contributed by atoms with Crippen molar-refractivity contribution in [2.45, 2.75) is 63.3 Å². The Morgan fingerprint density at radius 2 is 1.29 bits per heavy atom. The van der Waals surface area contributed by atoms with Crippen molar-refractivity contribution in [3.05, 3.63) is 134 Å². The lowest BCUT2D eigenvalue weighted by Gasteiger charge is -2.06. The van der Waals surface area contributed by atoms with Crippen molar-refractivity contribution in [3.63, 3.8) is 0 Å². The SMILES string of the molecule is Cc1ccc(Cn2nc(/C=C/CCC/C=C/c3nn(Cc4ccc(C)cc4)c4c3Cc3cc(S(=O)(=O)O)sc3-4)c3c2-c2sccc2C3)cc1. The van der Waals surface area contributed by atoms with Crippen LogP contribution < -0.4 is 0 Å². The van der Waals surface area contributed by atoms with Gasteiger partial charge in [-0.1, -0.05) is 71.8 Å². The number of allylic oxidation sites excluding steroid dienone is 2. The van der Waals surface area contributed by atoms with Gasteiger partial charge in [-0.15, -0.1) is 22.7 Å². The van der Waals surface area contributed by atoms with Gasteiger partial charge in [-0.05, 0) is 85.0 Å². The molecule has 0 radical (unpaired) electrons. The molecule has 0 aliphatic heterocycles. The Morgan fingerprint density at radius 3 is 1.84 bits per heavy atom. The standard InChI is InChI=1S/C39H36N4O3S3/c1-25-10-14-27(15-11-25)23-42-36-31(20-29-18-19-47-38(29)36)33(40-42)8-6-4-3-5-7-9-34-32-21-30-22-35(49(44,45)46)48-39(30)37(32)43(41-34)24-28-16-12-26(2)13-17-28/h6-19,22H,3-5,20-21,23-24H2,1-2H3,(H,44,45,46)/b8-6+,9-7+. The van der Waals surface area contributed by atoms with Gasteiger partial charge in [-0.2, -0.15) is 18.6 Å². The summed E-state index contributed by atoms with van der Waals surface area (Å²) < 4.78 is 37.6. The number of unbranched alkanes of at least 4 members (excludes halogenated alkanes) is 2. The number of hydrogen-bond acceptors (Lipinski definition) is 6. The second-order valence-electron chi connectivity index (χ2n) is 13.0. The number of aryl methyl sites for hydroxylation is 2. The van der Waals surface area contributed by atoms with Crippen molar-refractivity contribution < 1.29 is 13.0 Å². The van der Waals surface area contributed by atoms with Gasteiger partial charge in [-0.3, -0.25) is 13.9 Å². The summed E-state index contributed by atoms with van der Waals surface area (Å²) >= 11 is 2.92. The van der Waals surface area contributed by atoms with E-state index in [0.29, 0.717) is 13.0 Å². The van der Waals surface area contributed by atoms with Crippen LogP contribution >= 0.6 is 22.7 Å². The van der Waals surface area contributed by atoms with Crippen LogP contribution in [0.2, 0.25) is 0 Å². The minimum atomic E-state index is -4.26. The van der Waals surface area contributed by atoms with E-state index in [9.17, 15) is 13.0 Å². The number of rotatable bonds is 11. The monoisotopic (exact) mass is 704 g/mol. The Labute approximate surface area is 294 Å². The lowest BCUT2D eigenvalue weighted by atomic mass is 10.1. The van der Waals surface area contributed by atoms with Crippen LogP contribution in [-0.2, 0) is 36.0 Å². The molecule has 10 heteroatoms. The topological polar surface area (TPSA) is 90.0 Å². The summed E-state index contributed by atoms with van der Waals surface area (Å²) in [6, 6.07) is 20.9. The molecule has 2 aliphatic carbocycles. The number of fused-ring (bicyclic) bond motifs is 6. The minimum Gasteiger partial charge on any atom is -0.281 e. The van der Waals surface area contributed by atoms with E-state index >= 15 is 0 Å². The van der Waals surface area contributed by atoms with Gasteiger partial charge in [0.05, 0.1) is 45.6 Å². The molecule has 0 fully saturated rings. The van der Waals surface area contributed by atoms with Crippen LogP contribution in [0.1, 0.15) is 75.2 Å². The minimum absolute atomic E-state index is 0.0181. The number of nitrogens with zero attached hydrogens (tertiary/aromatic N) is 4. The molecule has 8 rings (SSSR count). The molecule has 4 aromatic heterocycles. The van der Waals surface area contributed by atoms with Crippen LogP contribution in [0, 0.1) is 13.8 Å². The maximum Gasteiger partial charge on any atom is 0.304 e. The first-order valence-corrected chi connectivity index (χ1v) is 19.7. The molecule has 0 unspecified atom stereocenters. The summed E-state index contributed by atoms with van der Waals surface area (Å²) in [7, 11) is -4.26. The van der Waals surface area contributed by atoms with Crippen LogP contribution in [0.3, 0.4) is 0 Å². The van der Waals surface area contributed by atoms with Gasteiger partial charge < -0.3 is 0 Å². The Kier molecular flexibility index (Phi) is 8.35. The average Bonchev–Trinajstić information content (AvgIpc) is 3.89. The summed E-state index contributed by atoms with van der Waals surface area (Å²) in [5.41, 5.74) is 13.8. The molecule has 4 heterocycles. The first-order valence-electron chi connectivity index (χ1n) is 16.5. The van der Waals surface area contributed by atoms with Crippen molar-refractivity contribution in [2.24, 2.45) is 0 Å². The third-order valence-electron chi connectivity index (χ3n) is 9.31. The number of aromatic nitrogens is 4. The highest BCUT2D eigenvalue weighted by atomic mass is 32.3. The van der Waals surface area contributed by atoms with Crippen molar-refractivity contribution in [1.82, 2.24) is 19.6 Å². The Hall–Kier alpha value is -4.35. The highest BCUT2D eigenvalue weighted by Gasteiger charge is 2.31. The molecule has 0 saturated carbocycles. The van der Waals surface area contributed by atoms with Crippen molar-refractivity contribution in [2.75, 3.05) is 0 Å². The van der Waals surface area contributed by atoms with Crippen molar-refractivity contribution >= 4 is 44.9 Å². The first-order chi connectivity index (χ1) is 23.7. The lowest BCUT2D eigenvalue weighted by molar-refractivity contribution is 0.485. The molecule has 2 aliphatic rings. The molecule has 1 N–H and O–H groups in total. The predicted octanol–water partition coefficient (Wildman–Crippen LogP) is 9.20. The molecule has 0 bridgehead atoms. The number of hydrogen-bond donors (Lipinski definition) is 1. The molecule has 0 amide bonds. The van der Waals surface area contributed by atoms with E-state index in [0.717, 1.165) is 82.2 Å². The summed E-state index contributed by atoms with van der Waals surface area (Å²) in [6.45, 7) is 5.52. The summed E-state index contributed by atoms with van der Waals surface area (Å²) in [6.07, 6.45) is 13.1. The van der Waals surface area contributed by atoms with E-state index < -0.39 is 10.1 Å². The van der Waals surface area contributed by atoms with E-state index in [4.69, 9.17) is 10.2 Å². The predicted molar refractivity (Wildman–Crippen MR) is 199 cm³/mol. The molecule has 49 heavy (non-hydrogen) atoms. The molecule has 7 nitrogen and oxygen atoms in total. The highest BCUT2D eigenvalue weighted by Crippen LogP contribution is 2.46. The highest BCUT2D eigenvalue weighted by molar-refractivity contribution is 7.88. The molecule has 0 saturated heterocycles. The second-order valence-corrected chi connectivity index (χ2v) is 16.6. The van der Waals surface area contributed by atoms with Gasteiger partial charge in [0.1, 0.15) is 4.21 Å². The molecule has 2 aromatic carbocycles. The van der Waals surface area contributed by atoms with E-state index in [1.807, 2.05) is 4.68 Å². The lowest BCUT2D eigenvalue weighted by Crippen LogP contribution is -2.03. The number of thiophene rings is 2. The number of benzene rings is 2. The van der Waals surface area contributed by atoms with Crippen LogP contribution in [0.15, 0.2) is 82.4 Å². The normalized spacial score (nSPS) is 13.4. The first kappa shape index (κ1) is 31.9. The average molecular weight is 705 g/mol.